The van der Waals surface area contributed by atoms with E-state index in [2.05, 4.69) is 5.32 Å². The Balaban J connectivity index is 0.00000264. The lowest BCUT2D eigenvalue weighted by molar-refractivity contribution is -0.137. The molecule has 1 amide bonds. The Bertz CT molecular complexity index is 526. The van der Waals surface area contributed by atoms with E-state index in [-0.39, 0.29) is 42.6 Å². The number of nitrogens with two attached hydrogens (primary N) is 1. The van der Waals surface area contributed by atoms with E-state index in [1.807, 2.05) is 0 Å². The number of benzene rings is 1. The van der Waals surface area contributed by atoms with E-state index in [0.29, 0.717) is 6.54 Å². The van der Waals surface area contributed by atoms with Gasteiger partial charge in [-0.05, 0) is 43.5 Å². The summed E-state index contributed by atoms with van der Waals surface area (Å²) in [5, 5.41) is 2.83. The van der Waals surface area contributed by atoms with Crippen molar-refractivity contribution in [2.75, 3.05) is 13.2 Å². The zero-order valence-electron chi connectivity index (χ0n) is 12.4. The van der Waals surface area contributed by atoms with Crippen molar-refractivity contribution >= 4 is 18.3 Å². The van der Waals surface area contributed by atoms with Crippen molar-refractivity contribution in [3.63, 3.8) is 0 Å². The first-order valence-electron chi connectivity index (χ1n) is 7.19. The minimum absolute atomic E-state index is 0. The van der Waals surface area contributed by atoms with Gasteiger partial charge in [-0.2, -0.15) is 13.2 Å². The molecule has 0 spiro atoms. The molecule has 130 valence electrons. The quantitative estimate of drug-likeness (QED) is 0.856. The fourth-order valence-corrected chi connectivity index (χ4v) is 2.67. The van der Waals surface area contributed by atoms with Crippen LogP contribution in [0.25, 0.3) is 0 Å². The standard InChI is InChI=1S/C15H19F3N2O2.ClH/c16-15(17,18)11-4-2-5-12(7-11)22-9-14(21)20-13-6-1-3-10(13)8-19;/h2,4-5,7,10,13H,1,3,6,8-9,19H2,(H,20,21);1H. The lowest BCUT2D eigenvalue weighted by Crippen LogP contribution is -2.42. The third kappa shape index (κ3) is 5.58. The largest absolute Gasteiger partial charge is 0.484 e. The van der Waals surface area contributed by atoms with E-state index in [1.54, 1.807) is 0 Å². The van der Waals surface area contributed by atoms with Crippen LogP contribution in [0.5, 0.6) is 5.75 Å². The predicted molar refractivity (Wildman–Crippen MR) is 82.5 cm³/mol. The molecular formula is C15H20ClF3N2O2. The first kappa shape index (κ1) is 19.6. The van der Waals surface area contributed by atoms with Gasteiger partial charge in [-0.1, -0.05) is 12.5 Å². The van der Waals surface area contributed by atoms with Crippen molar-refractivity contribution < 1.29 is 22.7 Å². The van der Waals surface area contributed by atoms with Gasteiger partial charge in [-0.3, -0.25) is 4.79 Å². The molecule has 8 heteroatoms. The molecule has 1 saturated carbocycles. The Morgan fingerprint density at radius 3 is 2.74 bits per heavy atom. The SMILES string of the molecule is Cl.NCC1CCCC1NC(=O)COc1cccc(C(F)(F)F)c1. The number of rotatable bonds is 5. The van der Waals surface area contributed by atoms with Crippen LogP contribution in [0, 0.1) is 5.92 Å². The molecule has 0 aromatic heterocycles. The summed E-state index contributed by atoms with van der Waals surface area (Å²) >= 11 is 0. The summed E-state index contributed by atoms with van der Waals surface area (Å²) in [6.45, 7) is 0.203. The molecular weight excluding hydrogens is 333 g/mol. The number of carbonyl (C=O) groups is 1. The van der Waals surface area contributed by atoms with Gasteiger partial charge >= 0.3 is 6.18 Å². The van der Waals surface area contributed by atoms with Gasteiger partial charge < -0.3 is 15.8 Å². The lowest BCUT2D eigenvalue weighted by atomic mass is 10.0. The van der Waals surface area contributed by atoms with Crippen molar-refractivity contribution in [3.8, 4) is 5.75 Å². The maximum absolute atomic E-state index is 12.6. The average molecular weight is 353 g/mol. The third-order valence-electron chi connectivity index (χ3n) is 3.84. The summed E-state index contributed by atoms with van der Waals surface area (Å²) in [7, 11) is 0. The summed E-state index contributed by atoms with van der Waals surface area (Å²) < 4.78 is 42.9. The van der Waals surface area contributed by atoms with Crippen LogP contribution >= 0.6 is 12.4 Å². The van der Waals surface area contributed by atoms with E-state index in [1.165, 1.54) is 12.1 Å². The second kappa shape index (κ2) is 8.40. The van der Waals surface area contributed by atoms with Crippen LogP contribution in [0.4, 0.5) is 13.2 Å². The first-order valence-corrected chi connectivity index (χ1v) is 7.19. The van der Waals surface area contributed by atoms with E-state index < -0.39 is 11.7 Å². The molecule has 0 radical (unpaired) electrons. The Morgan fingerprint density at radius 1 is 1.35 bits per heavy atom. The number of nitrogens with one attached hydrogen (secondary N) is 1. The van der Waals surface area contributed by atoms with Crippen LogP contribution in [0.2, 0.25) is 0 Å². The molecule has 4 nitrogen and oxygen atoms in total. The number of amides is 1. The monoisotopic (exact) mass is 352 g/mol. The molecule has 0 bridgehead atoms. The Hall–Kier alpha value is -1.47. The minimum Gasteiger partial charge on any atom is -0.484 e. The average Bonchev–Trinajstić information content (AvgIpc) is 2.91. The van der Waals surface area contributed by atoms with Gasteiger partial charge in [0.25, 0.3) is 5.91 Å². The van der Waals surface area contributed by atoms with Crippen molar-refractivity contribution in [1.29, 1.82) is 0 Å². The normalized spacial score (nSPS) is 20.7. The summed E-state index contributed by atoms with van der Waals surface area (Å²) in [4.78, 5) is 11.8. The molecule has 0 heterocycles. The van der Waals surface area contributed by atoms with Crippen molar-refractivity contribution in [3.05, 3.63) is 29.8 Å². The number of hydrogen-bond acceptors (Lipinski definition) is 3. The zero-order chi connectivity index (χ0) is 16.2. The van der Waals surface area contributed by atoms with Crippen LogP contribution in [0.1, 0.15) is 24.8 Å². The summed E-state index contributed by atoms with van der Waals surface area (Å²) in [6, 6.07) is 4.50. The Labute approximate surface area is 139 Å². The van der Waals surface area contributed by atoms with Gasteiger partial charge in [0.1, 0.15) is 5.75 Å². The summed E-state index contributed by atoms with van der Waals surface area (Å²) in [6.07, 6.45) is -1.56. The highest BCUT2D eigenvalue weighted by molar-refractivity contribution is 5.85. The maximum Gasteiger partial charge on any atom is 0.416 e. The number of halogens is 4. The topological polar surface area (TPSA) is 64.3 Å². The molecule has 1 aromatic carbocycles. The van der Waals surface area contributed by atoms with E-state index in [4.69, 9.17) is 10.5 Å². The maximum atomic E-state index is 12.6. The molecule has 1 aliphatic rings. The van der Waals surface area contributed by atoms with Crippen LogP contribution in [-0.4, -0.2) is 25.1 Å². The smallest absolute Gasteiger partial charge is 0.416 e. The first-order chi connectivity index (χ1) is 10.4. The van der Waals surface area contributed by atoms with Gasteiger partial charge in [0.2, 0.25) is 0 Å². The number of ether oxygens (including phenoxy) is 1. The van der Waals surface area contributed by atoms with E-state index in [9.17, 15) is 18.0 Å². The van der Waals surface area contributed by atoms with Gasteiger partial charge in [-0.15, -0.1) is 12.4 Å². The summed E-state index contributed by atoms with van der Waals surface area (Å²) in [5.74, 6) is -0.0629. The highest BCUT2D eigenvalue weighted by Gasteiger charge is 2.31. The minimum atomic E-state index is -4.43. The van der Waals surface area contributed by atoms with Gasteiger partial charge in [0, 0.05) is 6.04 Å². The van der Waals surface area contributed by atoms with Crippen molar-refractivity contribution in [1.82, 2.24) is 5.32 Å². The van der Waals surface area contributed by atoms with Gasteiger partial charge in [0.15, 0.2) is 6.61 Å². The predicted octanol–water partition coefficient (Wildman–Crippen LogP) is 2.75. The van der Waals surface area contributed by atoms with Crippen LogP contribution in [-0.2, 0) is 11.0 Å². The van der Waals surface area contributed by atoms with Gasteiger partial charge in [-0.25, -0.2) is 0 Å². The highest BCUT2D eigenvalue weighted by atomic mass is 35.5. The highest BCUT2D eigenvalue weighted by Crippen LogP contribution is 2.31. The second-order valence-electron chi connectivity index (χ2n) is 5.41. The second-order valence-corrected chi connectivity index (χ2v) is 5.41. The molecule has 2 atom stereocenters. The van der Waals surface area contributed by atoms with E-state index >= 15 is 0 Å². The zero-order valence-corrected chi connectivity index (χ0v) is 13.3. The van der Waals surface area contributed by atoms with Crippen LogP contribution in [0.3, 0.4) is 0 Å². The number of alkyl halides is 3. The van der Waals surface area contributed by atoms with Crippen LogP contribution < -0.4 is 15.8 Å². The molecule has 2 unspecified atom stereocenters. The van der Waals surface area contributed by atoms with E-state index in [0.717, 1.165) is 31.4 Å². The fraction of sp³-hybridized carbons (Fsp3) is 0.533. The Kier molecular flexibility index (Phi) is 7.15. The number of hydrogen-bond donors (Lipinski definition) is 2. The van der Waals surface area contributed by atoms with Gasteiger partial charge in [0.05, 0.1) is 5.56 Å². The fourth-order valence-electron chi connectivity index (χ4n) is 2.67. The molecule has 23 heavy (non-hydrogen) atoms. The lowest BCUT2D eigenvalue weighted by Gasteiger charge is -2.19. The molecule has 1 aliphatic carbocycles. The molecule has 2 rings (SSSR count). The summed E-state index contributed by atoms with van der Waals surface area (Å²) in [5.41, 5.74) is 4.83. The van der Waals surface area contributed by atoms with Crippen LogP contribution in [0.15, 0.2) is 24.3 Å². The molecule has 1 fully saturated rings. The molecule has 1 aromatic rings. The third-order valence-corrected chi connectivity index (χ3v) is 3.84. The Morgan fingerprint density at radius 2 is 2.09 bits per heavy atom. The molecule has 0 saturated heterocycles. The molecule has 0 aliphatic heterocycles. The number of carbonyl (C=O) groups excluding carboxylic acids is 1. The molecule has 3 N–H and O–H groups in total. The van der Waals surface area contributed by atoms with Crippen molar-refractivity contribution in [2.45, 2.75) is 31.5 Å². The van der Waals surface area contributed by atoms with Crippen molar-refractivity contribution in [2.24, 2.45) is 11.7 Å².